The lowest BCUT2D eigenvalue weighted by Gasteiger charge is -2.06. The van der Waals surface area contributed by atoms with Crippen molar-refractivity contribution >= 4 is 27.6 Å². The van der Waals surface area contributed by atoms with Crippen LogP contribution in [0, 0.1) is 6.92 Å². The summed E-state index contributed by atoms with van der Waals surface area (Å²) in [5, 5.41) is 0.945. The molecule has 21 heavy (non-hydrogen) atoms. The number of aromatic nitrogens is 2. The van der Waals surface area contributed by atoms with Crippen molar-refractivity contribution in [1.29, 1.82) is 0 Å². The summed E-state index contributed by atoms with van der Waals surface area (Å²) in [7, 11) is 0. The molecule has 2 heterocycles. The molecule has 0 saturated carbocycles. The van der Waals surface area contributed by atoms with E-state index < -0.39 is 6.09 Å². The Morgan fingerprint density at radius 2 is 2.10 bits per heavy atom. The zero-order valence-electron chi connectivity index (χ0n) is 11.1. The van der Waals surface area contributed by atoms with Gasteiger partial charge in [-0.2, -0.15) is 5.48 Å². The molecule has 0 saturated heterocycles. The van der Waals surface area contributed by atoms with E-state index in [1.54, 1.807) is 36.5 Å². The zero-order valence-corrected chi connectivity index (χ0v) is 11.9. The van der Waals surface area contributed by atoms with Crippen LogP contribution in [0.4, 0.5) is 4.79 Å². The normalized spacial score (nSPS) is 10.3. The van der Waals surface area contributed by atoms with Gasteiger partial charge in [0.05, 0.1) is 15.9 Å². The third-order valence-corrected chi connectivity index (χ3v) is 3.48. The molecule has 0 aliphatic carbocycles. The van der Waals surface area contributed by atoms with Gasteiger partial charge in [-0.3, -0.25) is 0 Å². The molecule has 0 fully saturated rings. The molecule has 106 valence electrons. The Morgan fingerprint density at radius 1 is 1.29 bits per heavy atom. The number of hydrogen-bond donors (Lipinski definition) is 1. The lowest BCUT2D eigenvalue weighted by Crippen LogP contribution is -2.30. The van der Waals surface area contributed by atoms with Gasteiger partial charge in [-0.1, -0.05) is 18.2 Å². The summed E-state index contributed by atoms with van der Waals surface area (Å²) in [5.74, 6) is 0.705. The van der Waals surface area contributed by atoms with Gasteiger partial charge in [-0.15, -0.1) is 11.3 Å². The third-order valence-electron chi connectivity index (χ3n) is 2.55. The molecule has 0 bridgehead atoms. The average Bonchev–Trinajstić information content (AvgIpc) is 2.85. The minimum atomic E-state index is -0.719. The van der Waals surface area contributed by atoms with Crippen molar-refractivity contribution in [3.63, 3.8) is 0 Å². The van der Waals surface area contributed by atoms with E-state index in [9.17, 15) is 4.79 Å². The SMILES string of the molecule is Cc1nc2cnc(ONC(=O)Oc3ccccc3)cc2s1. The van der Waals surface area contributed by atoms with Crippen molar-refractivity contribution in [2.45, 2.75) is 6.92 Å². The Morgan fingerprint density at radius 3 is 2.90 bits per heavy atom. The summed E-state index contributed by atoms with van der Waals surface area (Å²) >= 11 is 1.53. The maximum absolute atomic E-state index is 11.6. The molecule has 3 rings (SSSR count). The van der Waals surface area contributed by atoms with E-state index in [0.717, 1.165) is 15.2 Å². The van der Waals surface area contributed by atoms with Crippen LogP contribution in [-0.2, 0) is 0 Å². The number of hydrogen-bond acceptors (Lipinski definition) is 6. The van der Waals surface area contributed by atoms with Gasteiger partial charge in [0, 0.05) is 6.07 Å². The lowest BCUT2D eigenvalue weighted by molar-refractivity contribution is 0.138. The first kappa shape index (κ1) is 13.3. The molecule has 0 radical (unpaired) electrons. The summed E-state index contributed by atoms with van der Waals surface area (Å²) in [4.78, 5) is 25.0. The van der Waals surface area contributed by atoms with E-state index in [4.69, 9.17) is 9.57 Å². The Kier molecular flexibility index (Phi) is 3.65. The number of hydroxylamine groups is 1. The number of fused-ring (bicyclic) bond motifs is 1. The maximum Gasteiger partial charge on any atom is 0.446 e. The van der Waals surface area contributed by atoms with Gasteiger partial charge in [0.15, 0.2) is 0 Å². The molecule has 0 aliphatic rings. The van der Waals surface area contributed by atoms with Crippen molar-refractivity contribution in [2.75, 3.05) is 0 Å². The molecule has 1 amide bonds. The summed E-state index contributed by atoms with van der Waals surface area (Å²) in [6.07, 6.45) is 0.877. The fourth-order valence-electron chi connectivity index (χ4n) is 1.70. The van der Waals surface area contributed by atoms with Crippen LogP contribution in [0.5, 0.6) is 11.6 Å². The minimum absolute atomic E-state index is 0.274. The van der Waals surface area contributed by atoms with Crippen molar-refractivity contribution in [2.24, 2.45) is 0 Å². The van der Waals surface area contributed by atoms with Gasteiger partial charge < -0.3 is 9.57 Å². The quantitative estimate of drug-likeness (QED) is 0.753. The summed E-state index contributed by atoms with van der Waals surface area (Å²) in [6, 6.07) is 10.4. The Balaban J connectivity index is 1.62. The number of amides is 1. The van der Waals surface area contributed by atoms with Gasteiger partial charge in [0.1, 0.15) is 11.3 Å². The van der Waals surface area contributed by atoms with E-state index in [1.807, 2.05) is 13.0 Å². The van der Waals surface area contributed by atoms with Crippen LogP contribution in [0.3, 0.4) is 0 Å². The van der Waals surface area contributed by atoms with Gasteiger partial charge >= 0.3 is 6.09 Å². The van der Waals surface area contributed by atoms with Crippen LogP contribution in [0.2, 0.25) is 0 Å². The van der Waals surface area contributed by atoms with Gasteiger partial charge in [-0.25, -0.2) is 14.8 Å². The molecular formula is C14H11N3O3S. The topological polar surface area (TPSA) is 73.3 Å². The highest BCUT2D eigenvalue weighted by Crippen LogP contribution is 2.23. The van der Waals surface area contributed by atoms with Crippen LogP contribution in [0.15, 0.2) is 42.6 Å². The smallest absolute Gasteiger partial charge is 0.408 e. The number of benzene rings is 1. The Hall–Kier alpha value is -2.67. The van der Waals surface area contributed by atoms with E-state index in [2.05, 4.69) is 15.4 Å². The average molecular weight is 301 g/mol. The summed E-state index contributed by atoms with van der Waals surface area (Å²) < 4.78 is 5.96. The third kappa shape index (κ3) is 3.26. The molecule has 0 unspecified atom stereocenters. The van der Waals surface area contributed by atoms with Crippen LogP contribution in [-0.4, -0.2) is 16.1 Å². The molecule has 7 heteroatoms. The first-order valence-electron chi connectivity index (χ1n) is 6.13. The Labute approximate surface area is 124 Å². The maximum atomic E-state index is 11.6. The van der Waals surface area contributed by atoms with Crippen molar-refractivity contribution in [3.05, 3.63) is 47.6 Å². The molecular weight excluding hydrogens is 290 g/mol. The number of carbonyl (C=O) groups excluding carboxylic acids is 1. The number of ether oxygens (including phenoxy) is 1. The molecule has 0 aliphatic heterocycles. The van der Waals surface area contributed by atoms with Crippen LogP contribution in [0.1, 0.15) is 5.01 Å². The van der Waals surface area contributed by atoms with Gasteiger partial charge in [0.2, 0.25) is 5.88 Å². The number of pyridine rings is 1. The largest absolute Gasteiger partial charge is 0.446 e. The predicted molar refractivity (Wildman–Crippen MR) is 78.4 cm³/mol. The van der Waals surface area contributed by atoms with E-state index in [1.165, 1.54) is 11.3 Å². The number of nitrogens with one attached hydrogen (secondary N) is 1. The van der Waals surface area contributed by atoms with Crippen molar-refractivity contribution in [3.8, 4) is 11.6 Å². The Bertz CT molecular complexity index is 773. The molecule has 2 aromatic heterocycles. The van der Waals surface area contributed by atoms with Crippen molar-refractivity contribution in [1.82, 2.24) is 15.4 Å². The second kappa shape index (κ2) is 5.76. The van der Waals surface area contributed by atoms with Crippen molar-refractivity contribution < 1.29 is 14.4 Å². The lowest BCUT2D eigenvalue weighted by atomic mass is 10.3. The molecule has 3 aromatic rings. The van der Waals surface area contributed by atoms with Crippen LogP contribution >= 0.6 is 11.3 Å². The van der Waals surface area contributed by atoms with E-state index in [-0.39, 0.29) is 5.88 Å². The first-order valence-corrected chi connectivity index (χ1v) is 6.95. The predicted octanol–water partition coefficient (Wildman–Crippen LogP) is 3.08. The monoisotopic (exact) mass is 301 g/mol. The second-order valence-electron chi connectivity index (χ2n) is 4.13. The fraction of sp³-hybridized carbons (Fsp3) is 0.0714. The molecule has 0 spiro atoms. The summed E-state index contributed by atoms with van der Waals surface area (Å²) in [6.45, 7) is 1.92. The standard InChI is InChI=1S/C14H11N3O3S/c1-9-16-11-8-15-13(7-12(11)21-9)20-17-14(18)19-10-5-3-2-4-6-10/h2-8H,1H3,(H,17,18). The number of carbonyl (C=O) groups is 1. The summed E-state index contributed by atoms with van der Waals surface area (Å²) in [5.41, 5.74) is 2.98. The highest BCUT2D eigenvalue weighted by atomic mass is 32.1. The highest BCUT2D eigenvalue weighted by molar-refractivity contribution is 7.18. The van der Waals surface area contributed by atoms with E-state index >= 15 is 0 Å². The number of aryl methyl sites for hydroxylation is 1. The molecule has 1 aromatic carbocycles. The van der Waals surface area contributed by atoms with Gasteiger partial charge in [0.25, 0.3) is 0 Å². The molecule has 0 atom stereocenters. The number of thiazole rings is 1. The van der Waals surface area contributed by atoms with E-state index in [0.29, 0.717) is 5.75 Å². The first-order chi connectivity index (χ1) is 10.2. The highest BCUT2D eigenvalue weighted by Gasteiger charge is 2.07. The fourth-order valence-corrected chi connectivity index (χ4v) is 2.52. The van der Waals surface area contributed by atoms with Crippen LogP contribution < -0.4 is 15.1 Å². The number of nitrogens with zero attached hydrogens (tertiary/aromatic N) is 2. The van der Waals surface area contributed by atoms with Gasteiger partial charge in [-0.05, 0) is 19.1 Å². The second-order valence-corrected chi connectivity index (χ2v) is 5.36. The molecule has 6 nitrogen and oxygen atoms in total. The minimum Gasteiger partial charge on any atom is -0.408 e. The molecule has 1 N–H and O–H groups in total. The number of para-hydroxylation sites is 1. The number of rotatable bonds is 3. The zero-order chi connectivity index (χ0) is 14.7. The van der Waals surface area contributed by atoms with Crippen LogP contribution in [0.25, 0.3) is 10.2 Å².